The number of pyridine rings is 1. The van der Waals surface area contributed by atoms with Crippen molar-refractivity contribution >= 4 is 5.97 Å². The van der Waals surface area contributed by atoms with E-state index in [0.717, 1.165) is 28.9 Å². The van der Waals surface area contributed by atoms with Gasteiger partial charge >= 0.3 is 5.97 Å². The summed E-state index contributed by atoms with van der Waals surface area (Å²) < 4.78 is 1.89. The van der Waals surface area contributed by atoms with Crippen LogP contribution in [0.4, 0.5) is 0 Å². The van der Waals surface area contributed by atoms with Crippen molar-refractivity contribution in [3.05, 3.63) is 64.6 Å². The topological polar surface area (TPSA) is 68.0 Å². The maximum Gasteiger partial charge on any atom is 0.356 e. The van der Waals surface area contributed by atoms with Crippen molar-refractivity contribution in [2.75, 3.05) is 0 Å². The van der Waals surface area contributed by atoms with Crippen LogP contribution in [0.5, 0.6) is 0 Å². The van der Waals surface area contributed by atoms with Crippen molar-refractivity contribution in [2.45, 2.75) is 79.1 Å². The van der Waals surface area contributed by atoms with E-state index in [0.29, 0.717) is 11.5 Å². The van der Waals surface area contributed by atoms with Crippen LogP contribution in [0.25, 0.3) is 17.2 Å². The Morgan fingerprint density at radius 2 is 1.72 bits per heavy atom. The molecule has 0 aliphatic carbocycles. The number of hydrogen-bond acceptors (Lipinski definition) is 3. The standard InChI is InChI=1S/C27H35N3O2/c1-7-8-9-10-12-20-15-18(2)24(19(3)16-20)30-17-22(26(31)32)29-25(30)21-13-11-14-23(28-21)27(4,5)6/h11,13-17H,7-10,12H2,1-6H3,(H,31,32). The van der Waals surface area contributed by atoms with Crippen molar-refractivity contribution in [2.24, 2.45) is 0 Å². The lowest BCUT2D eigenvalue weighted by atomic mass is 9.91. The number of carbonyl (C=O) groups is 1. The highest BCUT2D eigenvalue weighted by molar-refractivity contribution is 5.86. The van der Waals surface area contributed by atoms with Crippen molar-refractivity contribution in [3.8, 4) is 17.2 Å². The number of unbranched alkanes of at least 4 members (excludes halogenated alkanes) is 3. The van der Waals surface area contributed by atoms with Gasteiger partial charge in [-0.05, 0) is 55.5 Å². The molecule has 3 rings (SSSR count). The summed E-state index contributed by atoms with van der Waals surface area (Å²) in [5.74, 6) is -0.491. The Labute approximate surface area is 191 Å². The fourth-order valence-electron chi connectivity index (χ4n) is 4.14. The molecule has 5 heteroatoms. The Hall–Kier alpha value is -2.95. The monoisotopic (exact) mass is 433 g/mol. The minimum Gasteiger partial charge on any atom is -0.476 e. The second-order valence-electron chi connectivity index (χ2n) is 9.67. The molecule has 170 valence electrons. The highest BCUT2D eigenvalue weighted by atomic mass is 16.4. The first-order chi connectivity index (χ1) is 15.1. The first kappa shape index (κ1) is 23.7. The lowest BCUT2D eigenvalue weighted by Crippen LogP contribution is -2.14. The summed E-state index contributed by atoms with van der Waals surface area (Å²) in [5.41, 5.74) is 6.04. The second kappa shape index (κ2) is 9.68. The third kappa shape index (κ3) is 5.26. The maximum absolute atomic E-state index is 11.8. The zero-order valence-corrected chi connectivity index (χ0v) is 20.2. The lowest BCUT2D eigenvalue weighted by Gasteiger charge is -2.19. The molecule has 1 N–H and O–H groups in total. The molecule has 1 aromatic carbocycles. The molecule has 0 atom stereocenters. The van der Waals surface area contributed by atoms with Gasteiger partial charge in [-0.1, -0.05) is 65.2 Å². The molecule has 0 saturated heterocycles. The van der Waals surface area contributed by atoms with Gasteiger partial charge in [-0.25, -0.2) is 14.8 Å². The van der Waals surface area contributed by atoms with Crippen LogP contribution in [-0.2, 0) is 11.8 Å². The number of carboxylic acid groups (broad SMARTS) is 1. The fraction of sp³-hybridized carbons (Fsp3) is 0.444. The summed E-state index contributed by atoms with van der Waals surface area (Å²) >= 11 is 0. The number of rotatable bonds is 8. The number of imidazole rings is 1. The van der Waals surface area contributed by atoms with Crippen LogP contribution in [-0.4, -0.2) is 25.6 Å². The normalized spacial score (nSPS) is 11.7. The predicted molar refractivity (Wildman–Crippen MR) is 130 cm³/mol. The van der Waals surface area contributed by atoms with Crippen LogP contribution in [0.2, 0.25) is 0 Å². The lowest BCUT2D eigenvalue weighted by molar-refractivity contribution is 0.0691. The average Bonchev–Trinajstić information content (AvgIpc) is 3.15. The highest BCUT2D eigenvalue weighted by Crippen LogP contribution is 2.29. The Balaban J connectivity index is 2.08. The van der Waals surface area contributed by atoms with E-state index < -0.39 is 5.97 Å². The van der Waals surface area contributed by atoms with Crippen LogP contribution in [0.1, 0.15) is 86.3 Å². The molecule has 0 fully saturated rings. The molecule has 3 aromatic rings. The molecular weight excluding hydrogens is 398 g/mol. The highest BCUT2D eigenvalue weighted by Gasteiger charge is 2.22. The van der Waals surface area contributed by atoms with Gasteiger partial charge in [0.15, 0.2) is 11.5 Å². The van der Waals surface area contributed by atoms with E-state index in [1.54, 1.807) is 6.20 Å². The third-order valence-electron chi connectivity index (χ3n) is 5.78. The van der Waals surface area contributed by atoms with Gasteiger partial charge in [-0.2, -0.15) is 0 Å². The maximum atomic E-state index is 11.8. The van der Waals surface area contributed by atoms with E-state index >= 15 is 0 Å². The van der Waals surface area contributed by atoms with E-state index in [4.69, 9.17) is 4.98 Å². The molecule has 0 aliphatic rings. The van der Waals surface area contributed by atoms with Gasteiger partial charge in [0.1, 0.15) is 5.69 Å². The number of carboxylic acids is 1. The van der Waals surface area contributed by atoms with E-state index in [2.05, 4.69) is 58.7 Å². The van der Waals surface area contributed by atoms with E-state index in [1.165, 1.54) is 31.2 Å². The number of aromatic nitrogens is 3. The molecule has 0 radical (unpaired) electrons. The van der Waals surface area contributed by atoms with Gasteiger partial charge in [0.25, 0.3) is 0 Å². The third-order valence-corrected chi connectivity index (χ3v) is 5.78. The number of aromatic carboxylic acids is 1. The Morgan fingerprint density at radius 3 is 2.31 bits per heavy atom. The molecule has 0 spiro atoms. The second-order valence-corrected chi connectivity index (χ2v) is 9.67. The molecule has 0 saturated carbocycles. The SMILES string of the molecule is CCCCCCc1cc(C)c(-n2cc(C(=O)O)nc2-c2cccc(C(C)(C)C)n2)c(C)c1. The summed E-state index contributed by atoms with van der Waals surface area (Å²) in [6, 6.07) is 10.3. The molecule has 32 heavy (non-hydrogen) atoms. The Bertz CT molecular complexity index is 1080. The first-order valence-corrected chi connectivity index (χ1v) is 11.5. The van der Waals surface area contributed by atoms with Crippen LogP contribution >= 0.6 is 0 Å². The van der Waals surface area contributed by atoms with E-state index in [1.807, 2.05) is 22.8 Å². The minimum absolute atomic E-state index is 0.0189. The number of nitrogens with zero attached hydrogens (tertiary/aromatic N) is 3. The summed E-state index contributed by atoms with van der Waals surface area (Å²) in [7, 11) is 0. The Kier molecular flexibility index (Phi) is 7.17. The molecule has 0 aliphatic heterocycles. The van der Waals surface area contributed by atoms with Crippen LogP contribution in [0.3, 0.4) is 0 Å². The first-order valence-electron chi connectivity index (χ1n) is 11.5. The molecule has 0 amide bonds. The number of hydrogen-bond donors (Lipinski definition) is 1. The zero-order chi connectivity index (χ0) is 23.5. The number of aryl methyl sites for hydroxylation is 3. The largest absolute Gasteiger partial charge is 0.476 e. The summed E-state index contributed by atoms with van der Waals surface area (Å²) in [6.45, 7) is 12.7. The van der Waals surface area contributed by atoms with Crippen molar-refractivity contribution in [1.29, 1.82) is 0 Å². The Morgan fingerprint density at radius 1 is 1.03 bits per heavy atom. The van der Waals surface area contributed by atoms with Gasteiger partial charge in [-0.3, -0.25) is 4.57 Å². The molecule has 0 bridgehead atoms. The van der Waals surface area contributed by atoms with Gasteiger partial charge in [0, 0.05) is 17.3 Å². The van der Waals surface area contributed by atoms with Crippen molar-refractivity contribution < 1.29 is 9.90 Å². The minimum atomic E-state index is -1.04. The average molecular weight is 434 g/mol. The molecule has 2 aromatic heterocycles. The molecule has 5 nitrogen and oxygen atoms in total. The molecule has 2 heterocycles. The van der Waals surface area contributed by atoms with Gasteiger partial charge < -0.3 is 5.11 Å². The molecule has 0 unspecified atom stereocenters. The number of benzene rings is 1. The predicted octanol–water partition coefficient (Wildman–Crippen LogP) is 6.67. The van der Waals surface area contributed by atoms with Crippen molar-refractivity contribution in [3.63, 3.8) is 0 Å². The van der Waals surface area contributed by atoms with E-state index in [-0.39, 0.29) is 11.1 Å². The van der Waals surface area contributed by atoms with Gasteiger partial charge in [0.2, 0.25) is 0 Å². The van der Waals surface area contributed by atoms with E-state index in [9.17, 15) is 9.90 Å². The van der Waals surface area contributed by atoms with Crippen molar-refractivity contribution in [1.82, 2.24) is 14.5 Å². The zero-order valence-electron chi connectivity index (χ0n) is 20.2. The van der Waals surface area contributed by atoms with Crippen LogP contribution in [0, 0.1) is 13.8 Å². The molecular formula is C27H35N3O2. The summed E-state index contributed by atoms with van der Waals surface area (Å²) in [6.07, 6.45) is 7.62. The smallest absolute Gasteiger partial charge is 0.356 e. The fourth-order valence-corrected chi connectivity index (χ4v) is 4.14. The van der Waals surface area contributed by atoms with Crippen LogP contribution in [0.15, 0.2) is 36.5 Å². The summed E-state index contributed by atoms with van der Waals surface area (Å²) in [4.78, 5) is 21.0. The summed E-state index contributed by atoms with van der Waals surface area (Å²) in [5, 5.41) is 9.63. The van der Waals surface area contributed by atoms with Crippen LogP contribution < -0.4 is 0 Å². The van der Waals surface area contributed by atoms with Gasteiger partial charge in [-0.15, -0.1) is 0 Å². The quantitative estimate of drug-likeness (QED) is 0.403. The van der Waals surface area contributed by atoms with Gasteiger partial charge in [0.05, 0.1) is 5.69 Å².